The van der Waals surface area contributed by atoms with Crippen molar-refractivity contribution in [3.8, 4) is 22.5 Å². The predicted octanol–water partition coefficient (Wildman–Crippen LogP) is 6.24. The van der Waals surface area contributed by atoms with E-state index < -0.39 is 10.0 Å². The Morgan fingerprint density at radius 2 is 1.26 bits per heavy atom. The van der Waals surface area contributed by atoms with Gasteiger partial charge in [-0.05, 0) is 74.1 Å². The predicted molar refractivity (Wildman–Crippen MR) is 187 cm³/mol. The molecule has 0 aliphatic heterocycles. The topological polar surface area (TPSA) is 153 Å². The molecule has 10 nitrogen and oxygen atoms in total. The molecule has 0 amide bonds. The molecule has 0 spiro atoms. The molecule has 3 aromatic carbocycles. The van der Waals surface area contributed by atoms with Crippen LogP contribution in [0, 0.1) is 27.7 Å². The summed E-state index contributed by atoms with van der Waals surface area (Å²) in [6.45, 7) is 8.87. The second-order valence-electron chi connectivity index (χ2n) is 11.0. The Kier molecular flexibility index (Phi) is 10.9. The highest BCUT2D eigenvalue weighted by Crippen LogP contribution is 2.27. The van der Waals surface area contributed by atoms with Gasteiger partial charge < -0.3 is 16.8 Å². The van der Waals surface area contributed by atoms with Gasteiger partial charge in [0.1, 0.15) is 11.0 Å². The van der Waals surface area contributed by atoms with Gasteiger partial charge in [0, 0.05) is 43.9 Å². The molecular formula is C34H39ClN8O2S. The van der Waals surface area contributed by atoms with Crippen molar-refractivity contribution < 1.29 is 8.42 Å². The number of anilines is 3. The minimum absolute atomic E-state index is 0.198. The molecule has 0 saturated carbocycles. The Hall–Kier alpha value is -4.58. The van der Waals surface area contributed by atoms with Crippen LogP contribution in [0.3, 0.4) is 0 Å². The maximum Gasteiger partial charge on any atom is 0.242 e. The number of nitrogens with one attached hydrogen (secondary N) is 1. The summed E-state index contributed by atoms with van der Waals surface area (Å²) in [7, 11) is -0.371. The van der Waals surface area contributed by atoms with Crippen molar-refractivity contribution in [2.24, 2.45) is 0 Å². The van der Waals surface area contributed by atoms with Crippen LogP contribution in [-0.2, 0) is 16.4 Å². The first-order chi connectivity index (χ1) is 21.8. The minimum Gasteiger partial charge on any atom is -0.370 e. The van der Waals surface area contributed by atoms with Gasteiger partial charge in [0.2, 0.25) is 21.9 Å². The summed E-state index contributed by atoms with van der Waals surface area (Å²) in [5.41, 5.74) is 20.9. The number of nitrogen functional groups attached to an aromatic ring is 2. The van der Waals surface area contributed by atoms with Crippen molar-refractivity contribution in [2.45, 2.75) is 39.0 Å². The van der Waals surface area contributed by atoms with Crippen molar-refractivity contribution in [3.63, 3.8) is 0 Å². The average molecular weight is 659 g/mol. The second kappa shape index (κ2) is 14.7. The quantitative estimate of drug-likeness (QED) is 0.164. The molecule has 5 aromatic rings. The lowest BCUT2D eigenvalue weighted by Crippen LogP contribution is -2.22. The fourth-order valence-electron chi connectivity index (χ4n) is 4.70. The Morgan fingerprint density at radius 3 is 1.78 bits per heavy atom. The van der Waals surface area contributed by atoms with E-state index in [1.54, 1.807) is 18.2 Å². The van der Waals surface area contributed by atoms with Crippen molar-refractivity contribution in [1.29, 1.82) is 0 Å². The zero-order valence-electron chi connectivity index (χ0n) is 26.8. The van der Waals surface area contributed by atoms with E-state index in [1.165, 1.54) is 35.1 Å². The summed E-state index contributed by atoms with van der Waals surface area (Å²) in [4.78, 5) is 17.0. The van der Waals surface area contributed by atoms with Gasteiger partial charge in [0.25, 0.3) is 0 Å². The molecule has 5 rings (SSSR count). The summed E-state index contributed by atoms with van der Waals surface area (Å²) < 4.78 is 25.5. The van der Waals surface area contributed by atoms with Crippen LogP contribution in [0.4, 0.5) is 17.7 Å². The first-order valence-electron chi connectivity index (χ1n) is 14.6. The second-order valence-corrected chi connectivity index (χ2v) is 13.6. The standard InChI is InChI=1S/C22H27N5O2S.C12H12ClN3/c1-15-6-5-7-19(16(15)2)20-14-21(26-22(23)25-20)24-13-12-17-8-10-18(11-9-17)30(28,29)27(3)4;1-7-4-3-5-9(8(7)2)10-6-11(13)16-12(14)15-10/h5-11,14H,12-13H2,1-4H3,(H3,23,24,25,26);3-6H,1-2H3,(H2,14,15,16). The summed E-state index contributed by atoms with van der Waals surface area (Å²) in [6, 6.07) is 22.7. The van der Waals surface area contributed by atoms with Gasteiger partial charge in [-0.1, -0.05) is 60.1 Å². The zero-order valence-corrected chi connectivity index (χ0v) is 28.4. The third-order valence-corrected chi connectivity index (χ3v) is 9.66. The fraction of sp³-hybridized carbons (Fsp3) is 0.235. The number of hydrogen-bond donors (Lipinski definition) is 3. The van der Waals surface area contributed by atoms with Gasteiger partial charge in [-0.15, -0.1) is 0 Å². The summed E-state index contributed by atoms with van der Waals surface area (Å²) >= 11 is 5.86. The number of halogens is 1. The van der Waals surface area contributed by atoms with Crippen molar-refractivity contribution in [1.82, 2.24) is 24.2 Å². The lowest BCUT2D eigenvalue weighted by Gasteiger charge is -2.12. The summed E-state index contributed by atoms with van der Waals surface area (Å²) in [5, 5.41) is 3.65. The maximum absolute atomic E-state index is 12.2. The molecule has 46 heavy (non-hydrogen) atoms. The van der Waals surface area contributed by atoms with Gasteiger partial charge in [-0.25, -0.2) is 27.7 Å². The van der Waals surface area contributed by atoms with E-state index in [2.05, 4.69) is 65.1 Å². The number of aromatic nitrogens is 4. The Labute approximate surface area is 276 Å². The highest BCUT2D eigenvalue weighted by atomic mass is 35.5. The molecular weight excluding hydrogens is 620 g/mol. The van der Waals surface area contributed by atoms with E-state index >= 15 is 0 Å². The highest BCUT2D eigenvalue weighted by Gasteiger charge is 2.16. The van der Waals surface area contributed by atoms with Gasteiger partial charge in [0.15, 0.2) is 0 Å². The molecule has 0 radical (unpaired) electrons. The van der Waals surface area contributed by atoms with Crippen LogP contribution in [0.5, 0.6) is 0 Å². The summed E-state index contributed by atoms with van der Waals surface area (Å²) in [5.74, 6) is 1.07. The molecule has 12 heteroatoms. The van der Waals surface area contributed by atoms with E-state index in [0.717, 1.165) is 33.6 Å². The molecule has 0 saturated heterocycles. The SMILES string of the molecule is Cc1cccc(-c2cc(Cl)nc(N)n2)c1C.Cc1cccc(-c2cc(NCCc3ccc(S(=O)(=O)N(C)C)cc3)nc(N)n2)c1C. The molecule has 0 bridgehead atoms. The van der Waals surface area contributed by atoms with Gasteiger partial charge in [-0.2, -0.15) is 4.98 Å². The molecule has 0 unspecified atom stereocenters. The van der Waals surface area contributed by atoms with Gasteiger partial charge >= 0.3 is 0 Å². The fourth-order valence-corrected chi connectivity index (χ4v) is 5.79. The van der Waals surface area contributed by atoms with Crippen LogP contribution in [0.1, 0.15) is 27.8 Å². The number of sulfonamides is 1. The van der Waals surface area contributed by atoms with E-state index in [1.807, 2.05) is 42.5 Å². The maximum atomic E-state index is 12.2. The van der Waals surface area contributed by atoms with E-state index in [0.29, 0.717) is 23.9 Å². The first-order valence-corrected chi connectivity index (χ1v) is 16.4. The van der Waals surface area contributed by atoms with Crippen LogP contribution in [0.2, 0.25) is 5.15 Å². The average Bonchev–Trinajstić information content (AvgIpc) is 2.99. The van der Waals surface area contributed by atoms with Crippen molar-refractivity contribution >= 4 is 39.3 Å². The van der Waals surface area contributed by atoms with Crippen LogP contribution in [0.15, 0.2) is 77.7 Å². The largest absolute Gasteiger partial charge is 0.370 e. The van der Waals surface area contributed by atoms with E-state index in [4.69, 9.17) is 23.1 Å². The molecule has 0 fully saturated rings. The molecule has 0 atom stereocenters. The van der Waals surface area contributed by atoms with Crippen LogP contribution >= 0.6 is 11.6 Å². The smallest absolute Gasteiger partial charge is 0.242 e. The Bertz CT molecular complexity index is 1930. The number of nitrogens with zero attached hydrogens (tertiary/aromatic N) is 5. The molecule has 240 valence electrons. The van der Waals surface area contributed by atoms with Gasteiger partial charge in [-0.3, -0.25) is 0 Å². The zero-order chi connectivity index (χ0) is 33.6. The van der Waals surface area contributed by atoms with Crippen LogP contribution < -0.4 is 16.8 Å². The van der Waals surface area contributed by atoms with E-state index in [-0.39, 0.29) is 16.8 Å². The number of benzene rings is 3. The Balaban J connectivity index is 0.000000252. The highest BCUT2D eigenvalue weighted by molar-refractivity contribution is 7.89. The van der Waals surface area contributed by atoms with Crippen molar-refractivity contribution in [2.75, 3.05) is 37.4 Å². The number of rotatable bonds is 8. The minimum atomic E-state index is -3.41. The lowest BCUT2D eigenvalue weighted by atomic mass is 10.0. The van der Waals surface area contributed by atoms with E-state index in [9.17, 15) is 8.42 Å². The lowest BCUT2D eigenvalue weighted by molar-refractivity contribution is 0.520. The molecule has 0 aliphatic carbocycles. The van der Waals surface area contributed by atoms with Crippen LogP contribution in [-0.4, -0.2) is 53.3 Å². The van der Waals surface area contributed by atoms with Gasteiger partial charge in [0.05, 0.1) is 16.3 Å². The van der Waals surface area contributed by atoms with Crippen LogP contribution in [0.25, 0.3) is 22.5 Å². The first kappa shape index (κ1) is 34.3. The third-order valence-electron chi connectivity index (χ3n) is 7.64. The Morgan fingerprint density at radius 1 is 0.739 bits per heavy atom. The number of nitrogens with two attached hydrogens (primary N) is 2. The molecule has 2 heterocycles. The number of aryl methyl sites for hydroxylation is 2. The normalized spacial score (nSPS) is 11.2. The van der Waals surface area contributed by atoms with Crippen molar-refractivity contribution in [3.05, 3.63) is 106 Å². The molecule has 2 aromatic heterocycles. The monoisotopic (exact) mass is 658 g/mol. The molecule has 0 aliphatic rings. The number of hydrogen-bond acceptors (Lipinski definition) is 9. The summed E-state index contributed by atoms with van der Waals surface area (Å²) in [6.07, 6.45) is 0.713. The molecule has 5 N–H and O–H groups in total. The third kappa shape index (κ3) is 8.36.